The molecule has 2 aromatic rings. The fraction of sp³-hybridized carbons (Fsp3) is 0.188. The van der Waals surface area contributed by atoms with Crippen molar-refractivity contribution in [1.29, 1.82) is 0 Å². The van der Waals surface area contributed by atoms with E-state index in [1.54, 1.807) is 6.07 Å². The Morgan fingerprint density at radius 2 is 1.67 bits per heavy atom. The molecular formula is C16H18N2O3. The van der Waals surface area contributed by atoms with Crippen molar-refractivity contribution in [1.82, 2.24) is 0 Å². The third-order valence-corrected chi connectivity index (χ3v) is 2.93. The molecule has 0 aromatic heterocycles. The van der Waals surface area contributed by atoms with Crippen LogP contribution in [0, 0.1) is 0 Å². The second-order valence-electron chi connectivity index (χ2n) is 4.31. The summed E-state index contributed by atoms with van der Waals surface area (Å²) < 4.78 is 11.3. The summed E-state index contributed by atoms with van der Waals surface area (Å²) in [6.07, 6.45) is 0. The highest BCUT2D eigenvalue weighted by Crippen LogP contribution is 2.27. The third-order valence-electron chi connectivity index (χ3n) is 2.93. The fourth-order valence-electron chi connectivity index (χ4n) is 1.95. The molecule has 0 amide bonds. The first-order valence-electron chi connectivity index (χ1n) is 6.66. The number of oxime groups is 1. The first kappa shape index (κ1) is 14.7. The maximum Gasteiger partial charge on any atom is 0.170 e. The summed E-state index contributed by atoms with van der Waals surface area (Å²) in [6, 6.07) is 14.8. The second-order valence-corrected chi connectivity index (χ2v) is 4.31. The summed E-state index contributed by atoms with van der Waals surface area (Å²) in [5.41, 5.74) is 7.14. The van der Waals surface area contributed by atoms with E-state index >= 15 is 0 Å². The lowest BCUT2D eigenvalue weighted by Gasteiger charge is -2.13. The highest BCUT2D eigenvalue weighted by molar-refractivity contribution is 5.98. The molecule has 0 saturated carbocycles. The molecule has 0 radical (unpaired) electrons. The van der Waals surface area contributed by atoms with E-state index in [2.05, 4.69) is 5.16 Å². The lowest BCUT2D eigenvalue weighted by Crippen LogP contribution is -2.16. The van der Waals surface area contributed by atoms with E-state index in [-0.39, 0.29) is 5.84 Å². The summed E-state index contributed by atoms with van der Waals surface area (Å²) in [4.78, 5) is 0. The second kappa shape index (κ2) is 7.19. The summed E-state index contributed by atoms with van der Waals surface area (Å²) in [6.45, 7) is 2.79. The van der Waals surface area contributed by atoms with Crippen LogP contribution in [0.5, 0.6) is 11.5 Å². The number of amidine groups is 1. The number of hydrogen-bond acceptors (Lipinski definition) is 4. The van der Waals surface area contributed by atoms with E-state index in [0.29, 0.717) is 30.3 Å². The molecule has 0 atom stereocenters. The molecule has 2 rings (SSSR count). The topological polar surface area (TPSA) is 77.1 Å². The number of para-hydroxylation sites is 2. The van der Waals surface area contributed by atoms with Crippen LogP contribution in [-0.2, 0) is 6.61 Å². The Morgan fingerprint density at radius 3 is 2.33 bits per heavy atom. The molecule has 3 N–H and O–H groups in total. The molecule has 5 nitrogen and oxygen atoms in total. The van der Waals surface area contributed by atoms with Crippen LogP contribution in [0.4, 0.5) is 0 Å². The van der Waals surface area contributed by atoms with Gasteiger partial charge in [0, 0.05) is 11.1 Å². The lowest BCUT2D eigenvalue weighted by molar-refractivity contribution is 0.269. The highest BCUT2D eigenvalue weighted by Gasteiger charge is 2.09. The van der Waals surface area contributed by atoms with Crippen molar-refractivity contribution in [3.05, 3.63) is 59.7 Å². The number of hydrogen-bond donors (Lipinski definition) is 2. The SMILES string of the molecule is CCOc1ccccc1OCc1ccccc1/C(N)=N/O. The number of nitrogens with two attached hydrogens (primary N) is 1. The zero-order chi connectivity index (χ0) is 15.1. The van der Waals surface area contributed by atoms with Gasteiger partial charge >= 0.3 is 0 Å². The van der Waals surface area contributed by atoms with Gasteiger partial charge in [0.2, 0.25) is 0 Å². The van der Waals surface area contributed by atoms with Gasteiger partial charge in [0.15, 0.2) is 17.3 Å². The van der Waals surface area contributed by atoms with E-state index in [1.807, 2.05) is 49.4 Å². The van der Waals surface area contributed by atoms with Crippen LogP contribution >= 0.6 is 0 Å². The highest BCUT2D eigenvalue weighted by atomic mass is 16.5. The Morgan fingerprint density at radius 1 is 1.05 bits per heavy atom. The molecule has 0 bridgehead atoms. The van der Waals surface area contributed by atoms with E-state index in [1.165, 1.54) is 0 Å². The number of ether oxygens (including phenoxy) is 2. The summed E-state index contributed by atoms with van der Waals surface area (Å²) >= 11 is 0. The van der Waals surface area contributed by atoms with Crippen LogP contribution in [0.2, 0.25) is 0 Å². The van der Waals surface area contributed by atoms with Crippen molar-refractivity contribution in [3.63, 3.8) is 0 Å². The molecule has 0 heterocycles. The largest absolute Gasteiger partial charge is 0.490 e. The zero-order valence-corrected chi connectivity index (χ0v) is 11.8. The predicted molar refractivity (Wildman–Crippen MR) is 80.9 cm³/mol. The Kier molecular flexibility index (Phi) is 5.04. The maximum atomic E-state index is 8.81. The number of rotatable bonds is 6. The monoisotopic (exact) mass is 286 g/mol. The van der Waals surface area contributed by atoms with Crippen LogP contribution in [0.25, 0.3) is 0 Å². The van der Waals surface area contributed by atoms with Gasteiger partial charge in [-0.3, -0.25) is 0 Å². The van der Waals surface area contributed by atoms with Crippen LogP contribution in [0.15, 0.2) is 53.7 Å². The van der Waals surface area contributed by atoms with Crippen molar-refractivity contribution in [3.8, 4) is 11.5 Å². The third kappa shape index (κ3) is 3.66. The minimum absolute atomic E-state index is 0.0623. The standard InChI is InChI=1S/C16H18N2O3/c1-2-20-14-9-5-6-10-15(14)21-11-12-7-3-4-8-13(12)16(17)18-19/h3-10,19H,2,11H2,1H3,(H2,17,18). The zero-order valence-electron chi connectivity index (χ0n) is 11.8. The van der Waals surface area contributed by atoms with Crippen molar-refractivity contribution in [2.45, 2.75) is 13.5 Å². The van der Waals surface area contributed by atoms with Crippen LogP contribution < -0.4 is 15.2 Å². The van der Waals surface area contributed by atoms with E-state index in [4.69, 9.17) is 20.4 Å². The number of benzene rings is 2. The van der Waals surface area contributed by atoms with Gasteiger partial charge in [-0.1, -0.05) is 41.6 Å². The Hall–Kier alpha value is -2.69. The van der Waals surface area contributed by atoms with Gasteiger partial charge < -0.3 is 20.4 Å². The van der Waals surface area contributed by atoms with Gasteiger partial charge in [-0.15, -0.1) is 0 Å². The molecule has 110 valence electrons. The van der Waals surface area contributed by atoms with Crippen LogP contribution in [-0.4, -0.2) is 17.6 Å². The van der Waals surface area contributed by atoms with Gasteiger partial charge in [-0.2, -0.15) is 0 Å². The van der Waals surface area contributed by atoms with Crippen molar-refractivity contribution >= 4 is 5.84 Å². The van der Waals surface area contributed by atoms with Crippen molar-refractivity contribution in [2.24, 2.45) is 10.9 Å². The van der Waals surface area contributed by atoms with Crippen molar-refractivity contribution < 1.29 is 14.7 Å². The summed E-state index contributed by atoms with van der Waals surface area (Å²) in [5.74, 6) is 1.42. The molecule has 0 aliphatic heterocycles. The smallest absolute Gasteiger partial charge is 0.170 e. The molecule has 0 fully saturated rings. The van der Waals surface area contributed by atoms with Crippen LogP contribution in [0.1, 0.15) is 18.1 Å². The average Bonchev–Trinajstić information content (AvgIpc) is 2.54. The first-order chi connectivity index (χ1) is 10.3. The lowest BCUT2D eigenvalue weighted by atomic mass is 10.1. The minimum atomic E-state index is 0.0623. The fourth-order valence-corrected chi connectivity index (χ4v) is 1.95. The molecule has 2 aromatic carbocycles. The molecule has 0 aliphatic rings. The van der Waals surface area contributed by atoms with Gasteiger partial charge in [0.25, 0.3) is 0 Å². The summed E-state index contributed by atoms with van der Waals surface area (Å²) in [7, 11) is 0. The summed E-state index contributed by atoms with van der Waals surface area (Å²) in [5, 5.41) is 11.8. The molecule has 0 unspecified atom stereocenters. The van der Waals surface area contributed by atoms with E-state index in [9.17, 15) is 0 Å². The molecule has 0 saturated heterocycles. The molecular weight excluding hydrogens is 268 g/mol. The molecule has 0 aliphatic carbocycles. The Balaban J connectivity index is 2.17. The molecule has 0 spiro atoms. The van der Waals surface area contributed by atoms with Crippen LogP contribution in [0.3, 0.4) is 0 Å². The number of nitrogens with zero attached hydrogens (tertiary/aromatic N) is 1. The quantitative estimate of drug-likeness (QED) is 0.370. The minimum Gasteiger partial charge on any atom is -0.490 e. The average molecular weight is 286 g/mol. The first-order valence-corrected chi connectivity index (χ1v) is 6.66. The Bertz CT molecular complexity index is 626. The maximum absolute atomic E-state index is 8.81. The van der Waals surface area contributed by atoms with Gasteiger partial charge in [0.1, 0.15) is 6.61 Å². The van der Waals surface area contributed by atoms with E-state index in [0.717, 1.165) is 5.56 Å². The van der Waals surface area contributed by atoms with Gasteiger partial charge in [-0.05, 0) is 19.1 Å². The Labute approximate surface area is 123 Å². The van der Waals surface area contributed by atoms with E-state index < -0.39 is 0 Å². The van der Waals surface area contributed by atoms with Gasteiger partial charge in [-0.25, -0.2) is 0 Å². The van der Waals surface area contributed by atoms with Gasteiger partial charge in [0.05, 0.1) is 6.61 Å². The predicted octanol–water partition coefficient (Wildman–Crippen LogP) is 2.76. The molecule has 21 heavy (non-hydrogen) atoms. The normalized spacial score (nSPS) is 11.2. The molecule has 5 heteroatoms. The van der Waals surface area contributed by atoms with Crippen molar-refractivity contribution in [2.75, 3.05) is 6.61 Å².